The Bertz CT molecular complexity index is 980. The first kappa shape index (κ1) is 21.2. The van der Waals surface area contributed by atoms with Crippen LogP contribution < -0.4 is 4.74 Å². The second-order valence-electron chi connectivity index (χ2n) is 8.23. The van der Waals surface area contributed by atoms with Crippen molar-refractivity contribution in [2.75, 3.05) is 13.6 Å². The van der Waals surface area contributed by atoms with Crippen LogP contribution in [0.3, 0.4) is 0 Å². The molecule has 0 spiro atoms. The number of carbonyl (C=O) groups is 1. The minimum atomic E-state index is -3.61. The van der Waals surface area contributed by atoms with E-state index in [0.29, 0.717) is 12.3 Å². The van der Waals surface area contributed by atoms with E-state index >= 15 is 0 Å². The first-order chi connectivity index (χ1) is 13.6. The largest absolute Gasteiger partial charge is 0.488 e. The summed E-state index contributed by atoms with van der Waals surface area (Å²) < 4.78 is 37.2. The number of hydrogen-bond donors (Lipinski definition) is 0. The van der Waals surface area contributed by atoms with E-state index in [1.807, 2.05) is 20.8 Å². The molecule has 2 aromatic carbocycles. The number of fused-ring (bicyclic) bond motifs is 1. The SMILES string of the molecule is CN(CC1CCc2ccc(S(=O)(=O)c3ccccc3)cc2O1)C(=O)OC(C)(C)C. The van der Waals surface area contributed by atoms with E-state index in [1.165, 1.54) is 4.90 Å². The maximum atomic E-state index is 12.9. The molecule has 0 saturated carbocycles. The molecule has 0 saturated heterocycles. The fraction of sp³-hybridized carbons (Fsp3) is 0.409. The lowest BCUT2D eigenvalue weighted by Crippen LogP contribution is -2.41. The third-order valence-corrected chi connectivity index (χ3v) is 6.38. The summed E-state index contributed by atoms with van der Waals surface area (Å²) in [5.41, 5.74) is 0.402. The molecule has 1 unspecified atom stereocenters. The lowest BCUT2D eigenvalue weighted by atomic mass is 10.0. The van der Waals surface area contributed by atoms with Gasteiger partial charge in [0.1, 0.15) is 17.5 Å². The van der Waals surface area contributed by atoms with Crippen LogP contribution in [0.1, 0.15) is 32.8 Å². The van der Waals surface area contributed by atoms with Crippen LogP contribution in [0.15, 0.2) is 58.3 Å². The normalized spacial score (nSPS) is 16.5. The lowest BCUT2D eigenvalue weighted by Gasteiger charge is -2.31. The van der Waals surface area contributed by atoms with Gasteiger partial charge in [-0.2, -0.15) is 0 Å². The molecule has 1 aliphatic rings. The highest BCUT2D eigenvalue weighted by Crippen LogP contribution is 2.32. The fourth-order valence-electron chi connectivity index (χ4n) is 3.16. The summed E-state index contributed by atoms with van der Waals surface area (Å²) in [7, 11) is -1.94. The topological polar surface area (TPSA) is 72.9 Å². The van der Waals surface area contributed by atoms with Crippen LogP contribution in [0, 0.1) is 0 Å². The molecule has 6 nitrogen and oxygen atoms in total. The Morgan fingerprint density at radius 1 is 1.14 bits per heavy atom. The van der Waals surface area contributed by atoms with E-state index in [9.17, 15) is 13.2 Å². The molecule has 0 bridgehead atoms. The summed E-state index contributed by atoms with van der Waals surface area (Å²) in [5.74, 6) is 0.552. The summed E-state index contributed by atoms with van der Waals surface area (Å²) in [5, 5.41) is 0. The molecule has 1 amide bonds. The maximum Gasteiger partial charge on any atom is 0.410 e. The van der Waals surface area contributed by atoms with Gasteiger partial charge in [-0.25, -0.2) is 13.2 Å². The molecule has 0 fully saturated rings. The quantitative estimate of drug-likeness (QED) is 0.749. The predicted molar refractivity (Wildman–Crippen MR) is 110 cm³/mol. The molecule has 156 valence electrons. The number of sulfone groups is 1. The molecule has 0 radical (unpaired) electrons. The lowest BCUT2D eigenvalue weighted by molar-refractivity contribution is 0.0213. The van der Waals surface area contributed by atoms with Crippen LogP contribution in [0.2, 0.25) is 0 Å². The van der Waals surface area contributed by atoms with Gasteiger partial charge < -0.3 is 14.4 Å². The maximum absolute atomic E-state index is 12.9. The number of carbonyl (C=O) groups excluding carboxylic acids is 1. The molecule has 7 heteroatoms. The van der Waals surface area contributed by atoms with Crippen LogP contribution in [-0.2, 0) is 21.0 Å². The van der Waals surface area contributed by atoms with E-state index in [2.05, 4.69) is 0 Å². The molecular weight excluding hydrogens is 390 g/mol. The summed E-state index contributed by atoms with van der Waals surface area (Å²) in [6, 6.07) is 13.3. The fourth-order valence-corrected chi connectivity index (χ4v) is 4.45. The van der Waals surface area contributed by atoms with Crippen LogP contribution in [-0.4, -0.2) is 44.7 Å². The molecular formula is C22H27NO5S. The highest BCUT2D eigenvalue weighted by atomic mass is 32.2. The van der Waals surface area contributed by atoms with E-state index in [4.69, 9.17) is 9.47 Å². The number of rotatable bonds is 4. The number of benzene rings is 2. The first-order valence-corrected chi connectivity index (χ1v) is 11.1. The van der Waals surface area contributed by atoms with Gasteiger partial charge in [0.05, 0.1) is 16.3 Å². The average Bonchev–Trinajstić information content (AvgIpc) is 2.66. The van der Waals surface area contributed by atoms with Gasteiger partial charge in [0, 0.05) is 7.05 Å². The van der Waals surface area contributed by atoms with Crippen LogP contribution >= 0.6 is 0 Å². The molecule has 29 heavy (non-hydrogen) atoms. The van der Waals surface area contributed by atoms with E-state index in [1.54, 1.807) is 55.6 Å². The highest BCUT2D eigenvalue weighted by Gasteiger charge is 2.27. The first-order valence-electron chi connectivity index (χ1n) is 9.60. The number of hydrogen-bond acceptors (Lipinski definition) is 5. The van der Waals surface area contributed by atoms with Crippen molar-refractivity contribution in [3.8, 4) is 5.75 Å². The summed E-state index contributed by atoms with van der Waals surface area (Å²) in [6.45, 7) is 5.83. The molecule has 0 N–H and O–H groups in total. The van der Waals surface area contributed by atoms with Crippen molar-refractivity contribution in [2.45, 2.75) is 55.1 Å². The molecule has 3 rings (SSSR count). The zero-order valence-electron chi connectivity index (χ0n) is 17.2. The summed E-state index contributed by atoms with van der Waals surface area (Å²) in [4.78, 5) is 14.1. The minimum Gasteiger partial charge on any atom is -0.488 e. The van der Waals surface area contributed by atoms with Crippen molar-refractivity contribution < 1.29 is 22.7 Å². The van der Waals surface area contributed by atoms with Gasteiger partial charge in [-0.1, -0.05) is 24.3 Å². The van der Waals surface area contributed by atoms with Crippen LogP contribution in [0.4, 0.5) is 4.79 Å². The van der Waals surface area contributed by atoms with Gasteiger partial charge in [-0.15, -0.1) is 0 Å². The van der Waals surface area contributed by atoms with E-state index in [0.717, 1.165) is 18.4 Å². The zero-order chi connectivity index (χ0) is 21.2. The molecule has 1 aliphatic heterocycles. The number of nitrogens with zero attached hydrogens (tertiary/aromatic N) is 1. The molecule has 0 aromatic heterocycles. The van der Waals surface area contributed by atoms with Crippen LogP contribution in [0.25, 0.3) is 0 Å². The Hall–Kier alpha value is -2.54. The molecule has 0 aliphatic carbocycles. The summed E-state index contributed by atoms with van der Waals surface area (Å²) >= 11 is 0. The monoisotopic (exact) mass is 417 g/mol. The highest BCUT2D eigenvalue weighted by molar-refractivity contribution is 7.91. The average molecular weight is 418 g/mol. The number of aryl methyl sites for hydroxylation is 1. The predicted octanol–water partition coefficient (Wildman–Crippen LogP) is 4.08. The van der Waals surface area contributed by atoms with Crippen molar-refractivity contribution in [1.29, 1.82) is 0 Å². The Kier molecular flexibility index (Phi) is 5.89. The Labute approximate surface area is 172 Å². The van der Waals surface area contributed by atoms with E-state index < -0.39 is 21.5 Å². The Morgan fingerprint density at radius 2 is 1.83 bits per heavy atom. The van der Waals surface area contributed by atoms with E-state index in [-0.39, 0.29) is 15.9 Å². The third kappa shape index (κ3) is 5.09. The number of ether oxygens (including phenoxy) is 2. The summed E-state index contributed by atoms with van der Waals surface area (Å²) in [6.07, 6.45) is 0.862. The molecule has 2 aromatic rings. The zero-order valence-corrected chi connectivity index (χ0v) is 18.0. The van der Waals surface area contributed by atoms with Crippen molar-refractivity contribution in [2.24, 2.45) is 0 Å². The van der Waals surface area contributed by atoms with Crippen molar-refractivity contribution in [3.05, 3.63) is 54.1 Å². The van der Waals surface area contributed by atoms with Crippen molar-refractivity contribution in [1.82, 2.24) is 4.90 Å². The van der Waals surface area contributed by atoms with Gasteiger partial charge in [0.25, 0.3) is 0 Å². The van der Waals surface area contributed by atoms with Gasteiger partial charge in [0.15, 0.2) is 0 Å². The molecule has 1 atom stereocenters. The van der Waals surface area contributed by atoms with Gasteiger partial charge in [-0.05, 0) is 63.4 Å². The Morgan fingerprint density at radius 3 is 2.48 bits per heavy atom. The van der Waals surface area contributed by atoms with Gasteiger partial charge in [-0.3, -0.25) is 0 Å². The van der Waals surface area contributed by atoms with Gasteiger partial charge in [0.2, 0.25) is 9.84 Å². The minimum absolute atomic E-state index is 0.198. The standard InChI is InChI=1S/C22H27NO5S/c1-22(2,3)28-21(24)23(4)15-17-12-10-16-11-13-19(14-20(16)27-17)29(25,26)18-8-6-5-7-9-18/h5-9,11,13-14,17H,10,12,15H2,1-4H3. The second-order valence-corrected chi connectivity index (χ2v) is 10.2. The van der Waals surface area contributed by atoms with Crippen molar-refractivity contribution in [3.63, 3.8) is 0 Å². The van der Waals surface area contributed by atoms with Crippen LogP contribution in [0.5, 0.6) is 5.75 Å². The number of amides is 1. The van der Waals surface area contributed by atoms with Crippen molar-refractivity contribution >= 4 is 15.9 Å². The number of likely N-dealkylation sites (N-methyl/N-ethyl adjacent to an activating group) is 1. The van der Waals surface area contributed by atoms with Gasteiger partial charge >= 0.3 is 6.09 Å². The molecule has 1 heterocycles. The second kappa shape index (κ2) is 8.06. The smallest absolute Gasteiger partial charge is 0.410 e. The Balaban J connectivity index is 1.75. The third-order valence-electron chi connectivity index (χ3n) is 4.61.